The van der Waals surface area contributed by atoms with Gasteiger partial charge in [0.05, 0.1) is 5.69 Å². The Morgan fingerprint density at radius 2 is 1.90 bits per heavy atom. The van der Waals surface area contributed by atoms with E-state index in [0.29, 0.717) is 6.54 Å². The van der Waals surface area contributed by atoms with E-state index in [0.717, 1.165) is 28.5 Å². The molecule has 1 N–H and O–H groups in total. The Morgan fingerprint density at radius 3 is 2.57 bits per heavy atom. The molecule has 0 aliphatic carbocycles. The van der Waals surface area contributed by atoms with Crippen LogP contribution in [0.4, 0.5) is 0 Å². The third kappa shape index (κ3) is 4.53. The molecule has 0 spiro atoms. The number of rotatable bonds is 4. The summed E-state index contributed by atoms with van der Waals surface area (Å²) in [5.41, 5.74) is 2.90. The van der Waals surface area contributed by atoms with Crippen molar-refractivity contribution in [2.75, 3.05) is 0 Å². The minimum atomic E-state index is 0.0480. The van der Waals surface area contributed by atoms with E-state index in [1.165, 1.54) is 0 Å². The zero-order valence-electron chi connectivity index (χ0n) is 13.4. The third-order valence-electron chi connectivity index (χ3n) is 3.07. The predicted octanol–water partition coefficient (Wildman–Crippen LogP) is 3.77. The number of nitrogens with one attached hydrogen (secondary N) is 1. The molecule has 2 aromatic rings. The summed E-state index contributed by atoms with van der Waals surface area (Å²) < 4.78 is 6.04. The zero-order valence-corrected chi connectivity index (χ0v) is 13.4. The largest absolute Gasteiger partial charge is 0.455 e. The molecule has 0 aliphatic rings. The lowest BCUT2D eigenvalue weighted by atomic mass is 10.1. The quantitative estimate of drug-likeness (QED) is 0.928. The standard InChI is InChI=1S/C17H23N3O/c1-12-9-16(21-15-7-6-8-18-13(15)2)14(10-19-12)11-20-17(3,4)5/h6-10,20H,11H2,1-5H3. The van der Waals surface area contributed by atoms with Crippen LogP contribution in [0.2, 0.25) is 0 Å². The molecule has 0 aromatic carbocycles. The molecule has 0 amide bonds. The molecule has 0 bridgehead atoms. The van der Waals surface area contributed by atoms with Gasteiger partial charge in [-0.1, -0.05) is 0 Å². The van der Waals surface area contributed by atoms with Crippen molar-refractivity contribution < 1.29 is 4.74 Å². The van der Waals surface area contributed by atoms with Gasteiger partial charge in [-0.3, -0.25) is 9.97 Å². The Balaban J connectivity index is 2.25. The molecule has 2 aromatic heterocycles. The van der Waals surface area contributed by atoms with Crippen molar-refractivity contribution in [2.45, 2.75) is 46.7 Å². The molecule has 2 rings (SSSR count). The highest BCUT2D eigenvalue weighted by Crippen LogP contribution is 2.27. The average Bonchev–Trinajstić information content (AvgIpc) is 2.39. The SMILES string of the molecule is Cc1cc(Oc2cccnc2C)c(CNC(C)(C)C)cn1. The first-order valence-corrected chi connectivity index (χ1v) is 7.15. The number of aryl methyl sites for hydroxylation is 2. The van der Waals surface area contributed by atoms with E-state index in [4.69, 9.17) is 4.74 Å². The zero-order chi connectivity index (χ0) is 15.5. The van der Waals surface area contributed by atoms with E-state index in [1.807, 2.05) is 38.2 Å². The molecule has 0 atom stereocenters. The van der Waals surface area contributed by atoms with Crippen molar-refractivity contribution in [1.82, 2.24) is 15.3 Å². The normalized spacial score (nSPS) is 11.5. The van der Waals surface area contributed by atoms with Gasteiger partial charge >= 0.3 is 0 Å². The summed E-state index contributed by atoms with van der Waals surface area (Å²) in [7, 11) is 0. The fourth-order valence-corrected chi connectivity index (χ4v) is 1.85. The molecule has 0 aliphatic heterocycles. The van der Waals surface area contributed by atoms with Gasteiger partial charge in [-0.15, -0.1) is 0 Å². The number of ether oxygens (including phenoxy) is 1. The number of nitrogens with zero attached hydrogens (tertiary/aromatic N) is 2. The van der Waals surface area contributed by atoms with Crippen molar-refractivity contribution in [1.29, 1.82) is 0 Å². The Labute approximate surface area is 126 Å². The molecule has 0 fully saturated rings. The fourth-order valence-electron chi connectivity index (χ4n) is 1.85. The van der Waals surface area contributed by atoms with Crippen molar-refractivity contribution in [3.63, 3.8) is 0 Å². The first-order chi connectivity index (χ1) is 9.85. The summed E-state index contributed by atoms with van der Waals surface area (Å²) in [5, 5.41) is 3.46. The molecular formula is C17H23N3O. The van der Waals surface area contributed by atoms with Crippen molar-refractivity contribution in [3.05, 3.63) is 47.5 Å². The Hall–Kier alpha value is -1.94. The van der Waals surface area contributed by atoms with Crippen LogP contribution < -0.4 is 10.1 Å². The topological polar surface area (TPSA) is 47.0 Å². The smallest absolute Gasteiger partial charge is 0.148 e. The summed E-state index contributed by atoms with van der Waals surface area (Å²) >= 11 is 0. The van der Waals surface area contributed by atoms with Gasteiger partial charge in [0.1, 0.15) is 11.5 Å². The Bertz CT molecular complexity index is 618. The second kappa shape index (κ2) is 6.22. The van der Waals surface area contributed by atoms with Gasteiger partial charge in [-0.25, -0.2) is 0 Å². The highest BCUT2D eigenvalue weighted by molar-refractivity contribution is 5.38. The van der Waals surface area contributed by atoms with Gasteiger partial charge in [0.15, 0.2) is 0 Å². The maximum atomic E-state index is 6.04. The highest BCUT2D eigenvalue weighted by Gasteiger charge is 2.13. The van der Waals surface area contributed by atoms with E-state index < -0.39 is 0 Å². The first kappa shape index (κ1) is 15.4. The molecule has 4 nitrogen and oxygen atoms in total. The molecule has 21 heavy (non-hydrogen) atoms. The van der Waals surface area contributed by atoms with Crippen LogP contribution in [0, 0.1) is 13.8 Å². The molecule has 112 valence electrons. The van der Waals surface area contributed by atoms with Gasteiger partial charge in [-0.2, -0.15) is 0 Å². The summed E-state index contributed by atoms with van der Waals surface area (Å²) in [4.78, 5) is 8.63. The second-order valence-electron chi connectivity index (χ2n) is 6.23. The van der Waals surface area contributed by atoms with E-state index in [-0.39, 0.29) is 5.54 Å². The second-order valence-corrected chi connectivity index (χ2v) is 6.23. The molecule has 0 unspecified atom stereocenters. The van der Waals surface area contributed by atoms with Crippen LogP contribution in [0.5, 0.6) is 11.5 Å². The van der Waals surface area contributed by atoms with Crippen LogP contribution in [-0.2, 0) is 6.54 Å². The minimum absolute atomic E-state index is 0.0480. The van der Waals surface area contributed by atoms with Crippen LogP contribution in [-0.4, -0.2) is 15.5 Å². The van der Waals surface area contributed by atoms with Crippen LogP contribution in [0.1, 0.15) is 37.7 Å². The number of hydrogen-bond donors (Lipinski definition) is 1. The van der Waals surface area contributed by atoms with Crippen LogP contribution in [0.3, 0.4) is 0 Å². The van der Waals surface area contributed by atoms with Gasteiger partial charge in [0, 0.05) is 41.8 Å². The van der Waals surface area contributed by atoms with Crippen LogP contribution in [0.15, 0.2) is 30.6 Å². The molecular weight excluding hydrogens is 262 g/mol. The Morgan fingerprint density at radius 1 is 1.14 bits per heavy atom. The van der Waals surface area contributed by atoms with Gasteiger partial charge in [-0.05, 0) is 46.8 Å². The van der Waals surface area contributed by atoms with Crippen molar-refractivity contribution in [2.24, 2.45) is 0 Å². The first-order valence-electron chi connectivity index (χ1n) is 7.15. The highest BCUT2D eigenvalue weighted by atomic mass is 16.5. The summed E-state index contributed by atoms with van der Waals surface area (Å²) in [6.07, 6.45) is 3.64. The lowest BCUT2D eigenvalue weighted by Crippen LogP contribution is -2.35. The van der Waals surface area contributed by atoms with Crippen LogP contribution >= 0.6 is 0 Å². The number of aromatic nitrogens is 2. The maximum absolute atomic E-state index is 6.04. The summed E-state index contributed by atoms with van der Waals surface area (Å²) in [6.45, 7) is 11.0. The van der Waals surface area contributed by atoms with Gasteiger partial charge < -0.3 is 10.1 Å². The summed E-state index contributed by atoms with van der Waals surface area (Å²) in [5.74, 6) is 1.61. The predicted molar refractivity (Wildman–Crippen MR) is 84.6 cm³/mol. The third-order valence-corrected chi connectivity index (χ3v) is 3.07. The molecule has 2 heterocycles. The maximum Gasteiger partial charge on any atom is 0.148 e. The van der Waals surface area contributed by atoms with Crippen molar-refractivity contribution >= 4 is 0 Å². The van der Waals surface area contributed by atoms with E-state index in [2.05, 4.69) is 36.1 Å². The lowest BCUT2D eigenvalue weighted by molar-refractivity contribution is 0.412. The molecule has 0 radical (unpaired) electrons. The van der Waals surface area contributed by atoms with Gasteiger partial charge in [0.25, 0.3) is 0 Å². The molecule has 4 heteroatoms. The van der Waals surface area contributed by atoms with Crippen molar-refractivity contribution in [3.8, 4) is 11.5 Å². The molecule has 0 saturated carbocycles. The fraction of sp³-hybridized carbons (Fsp3) is 0.412. The van der Waals surface area contributed by atoms with Crippen LogP contribution in [0.25, 0.3) is 0 Å². The number of pyridine rings is 2. The van der Waals surface area contributed by atoms with E-state index in [9.17, 15) is 0 Å². The Kier molecular flexibility index (Phi) is 4.58. The minimum Gasteiger partial charge on any atom is -0.455 e. The average molecular weight is 285 g/mol. The molecule has 0 saturated heterocycles. The van der Waals surface area contributed by atoms with Gasteiger partial charge in [0.2, 0.25) is 0 Å². The number of hydrogen-bond acceptors (Lipinski definition) is 4. The summed E-state index contributed by atoms with van der Waals surface area (Å²) in [6, 6.07) is 5.77. The van der Waals surface area contributed by atoms with E-state index >= 15 is 0 Å². The van der Waals surface area contributed by atoms with E-state index in [1.54, 1.807) is 6.20 Å². The monoisotopic (exact) mass is 285 g/mol. The lowest BCUT2D eigenvalue weighted by Gasteiger charge is -2.21.